The van der Waals surface area contributed by atoms with Crippen molar-refractivity contribution in [1.82, 2.24) is 0 Å². The van der Waals surface area contributed by atoms with E-state index in [-0.39, 0.29) is 0 Å². The zero-order valence-electron chi connectivity index (χ0n) is 32.8. The number of allylic oxidation sites excluding steroid dienone is 1. The van der Waals surface area contributed by atoms with E-state index in [4.69, 9.17) is 13.3 Å². The molecule has 4 atom stereocenters. The van der Waals surface area contributed by atoms with Gasteiger partial charge in [-0.3, -0.25) is 0 Å². The molecule has 0 saturated heterocycles. The van der Waals surface area contributed by atoms with Gasteiger partial charge in [0.05, 0.1) is 0 Å². The molecule has 4 nitrogen and oxygen atoms in total. The van der Waals surface area contributed by atoms with Gasteiger partial charge in [-0.2, -0.15) is 0 Å². The lowest BCUT2D eigenvalue weighted by molar-refractivity contribution is 0.0860. The smallest absolute Gasteiger partial charge is 0.202 e. The third-order valence-electron chi connectivity index (χ3n) is 11.5. The number of fused-ring (bicyclic) bond motifs is 1. The van der Waals surface area contributed by atoms with Crippen molar-refractivity contribution in [1.29, 1.82) is 0 Å². The highest BCUT2D eigenvalue weighted by Gasteiger charge is 2.52. The van der Waals surface area contributed by atoms with Crippen molar-refractivity contribution in [2.24, 2.45) is 0 Å². The monoisotopic (exact) mass is 686 g/mol. The van der Waals surface area contributed by atoms with Crippen LogP contribution in [0.25, 0.3) is 0 Å². The molecule has 0 bridgehead atoms. The highest BCUT2D eigenvalue weighted by molar-refractivity contribution is 6.78. The van der Waals surface area contributed by atoms with Crippen molar-refractivity contribution < 1.29 is 18.4 Å². The normalized spacial score (nSPS) is 23.9. The Kier molecular flexibility index (Phi) is 14.5. The van der Waals surface area contributed by atoms with Crippen molar-refractivity contribution in [3.05, 3.63) is 23.3 Å². The van der Waals surface area contributed by atoms with Gasteiger partial charge in [-0.15, -0.1) is 0 Å². The van der Waals surface area contributed by atoms with Gasteiger partial charge in [0, 0.05) is 11.1 Å². The summed E-state index contributed by atoms with van der Waals surface area (Å²) in [5.74, 6) is 14.1. The van der Waals surface area contributed by atoms with Gasteiger partial charge in [0.2, 0.25) is 25.0 Å². The van der Waals surface area contributed by atoms with Crippen LogP contribution in [0.2, 0.25) is 49.9 Å². The molecule has 0 aromatic rings. The maximum absolute atomic E-state index is 11.5. The highest BCUT2D eigenvalue weighted by atomic mass is 28.4. The molecule has 1 N–H and O–H groups in total. The fraction of sp³-hybridized carbons (Fsp3) is 0.795. The first-order valence-corrected chi connectivity index (χ1v) is 24.7. The summed E-state index contributed by atoms with van der Waals surface area (Å²) in [6.45, 7) is 41.5. The molecule has 0 saturated carbocycles. The Balaban J connectivity index is 2.83. The standard InChI is InChI=1S/C39H70O4Si3/c1-25(2)44(26(3)4,27(5)6)41-37-21-19-20-35-34(22-23-38(37)42-45(28(7)8,29(9)10)30(11)12)24-36(40)39(35)43-46(31(13)14,32(15)16)33(17)18/h20,24-33,36-40H,1-18H3/b35-20+/t36?,37-,38-,39?/m0/s1. The molecule has 0 fully saturated rings. The summed E-state index contributed by atoms with van der Waals surface area (Å²) < 4.78 is 22.1. The van der Waals surface area contributed by atoms with Crippen molar-refractivity contribution >= 4 is 25.0 Å². The summed E-state index contributed by atoms with van der Waals surface area (Å²) >= 11 is 0. The second-order valence-electron chi connectivity index (χ2n) is 16.8. The van der Waals surface area contributed by atoms with Crippen LogP contribution in [-0.4, -0.2) is 54.5 Å². The fourth-order valence-corrected chi connectivity index (χ4v) is 26.1. The number of hydrogen-bond donors (Lipinski definition) is 1. The topological polar surface area (TPSA) is 47.9 Å². The zero-order chi connectivity index (χ0) is 35.5. The van der Waals surface area contributed by atoms with Crippen LogP contribution in [0.5, 0.6) is 0 Å². The maximum Gasteiger partial charge on any atom is 0.202 e. The molecular formula is C39H70O4Si3. The first-order valence-electron chi connectivity index (χ1n) is 18.3. The lowest BCUT2D eigenvalue weighted by Gasteiger charge is -2.47. The van der Waals surface area contributed by atoms with E-state index in [9.17, 15) is 5.11 Å². The summed E-state index contributed by atoms with van der Waals surface area (Å²) in [6, 6.07) is 0. The van der Waals surface area contributed by atoms with Gasteiger partial charge in [-0.25, -0.2) is 0 Å². The summed E-state index contributed by atoms with van der Waals surface area (Å²) in [7, 11) is -6.95. The molecule has 7 heteroatoms. The molecule has 2 rings (SSSR count). The van der Waals surface area contributed by atoms with Crippen LogP contribution < -0.4 is 0 Å². The summed E-state index contributed by atoms with van der Waals surface area (Å²) in [5, 5.41) is 11.5. The minimum atomic E-state index is -2.34. The molecule has 0 aromatic heterocycles. The molecule has 0 heterocycles. The van der Waals surface area contributed by atoms with Crippen LogP contribution in [0.1, 0.15) is 125 Å². The summed E-state index contributed by atoms with van der Waals surface area (Å²) in [4.78, 5) is 0. The van der Waals surface area contributed by atoms with Crippen LogP contribution in [0.4, 0.5) is 0 Å². The van der Waals surface area contributed by atoms with Crippen LogP contribution in [0.15, 0.2) is 23.3 Å². The Labute approximate surface area is 288 Å². The van der Waals surface area contributed by atoms with Crippen LogP contribution in [0, 0.1) is 23.7 Å². The Morgan fingerprint density at radius 3 is 1.20 bits per heavy atom. The molecule has 2 aliphatic carbocycles. The van der Waals surface area contributed by atoms with E-state index in [1.807, 2.05) is 12.2 Å². The molecule has 262 valence electrons. The van der Waals surface area contributed by atoms with Gasteiger partial charge in [-0.05, 0) is 62.0 Å². The first kappa shape index (κ1) is 41.3. The minimum absolute atomic E-state index is 0.399. The third kappa shape index (κ3) is 7.77. The maximum atomic E-state index is 11.5. The molecule has 0 amide bonds. The Hall–Kier alpha value is -0.909. The summed E-state index contributed by atoms with van der Waals surface area (Å²) in [5.41, 5.74) is 5.33. The number of rotatable bonds is 15. The SMILES string of the molecule is CC(C)[Si](OC1/C2=C/C#C[C@H](O[Si](C(C)C)(C(C)C)C(C)C)[C@@H](O[Si](C(C)C)(C(C)C)C(C)C)C#CC2=CC1O)(C(C)C)C(C)C. The second kappa shape index (κ2) is 16.2. The Morgan fingerprint density at radius 1 is 0.522 bits per heavy atom. The lowest BCUT2D eigenvalue weighted by atomic mass is 10.1. The van der Waals surface area contributed by atoms with Crippen molar-refractivity contribution in [3.63, 3.8) is 0 Å². The second-order valence-corrected chi connectivity index (χ2v) is 33.0. The largest absolute Gasteiger partial charge is 0.406 e. The highest BCUT2D eigenvalue weighted by Crippen LogP contribution is 2.48. The van der Waals surface area contributed by atoms with Gasteiger partial charge >= 0.3 is 0 Å². The summed E-state index contributed by atoms with van der Waals surface area (Å²) in [6.07, 6.45) is 1.66. The number of aliphatic hydroxyl groups excluding tert-OH is 1. The molecule has 0 aliphatic heterocycles. The van der Waals surface area contributed by atoms with Crippen molar-refractivity contribution in [2.75, 3.05) is 0 Å². The Morgan fingerprint density at radius 2 is 0.848 bits per heavy atom. The van der Waals surface area contributed by atoms with Gasteiger partial charge in [0.15, 0.2) is 0 Å². The third-order valence-corrected chi connectivity index (χ3v) is 29.7. The van der Waals surface area contributed by atoms with E-state index in [0.29, 0.717) is 49.9 Å². The van der Waals surface area contributed by atoms with E-state index in [0.717, 1.165) is 11.1 Å². The minimum Gasteiger partial charge on any atom is -0.406 e. The predicted octanol–water partition coefficient (Wildman–Crippen LogP) is 10.9. The van der Waals surface area contributed by atoms with Crippen LogP contribution in [-0.2, 0) is 13.3 Å². The molecule has 0 spiro atoms. The van der Waals surface area contributed by atoms with Crippen LogP contribution in [0.3, 0.4) is 0 Å². The van der Waals surface area contributed by atoms with Gasteiger partial charge in [0.25, 0.3) is 0 Å². The van der Waals surface area contributed by atoms with Gasteiger partial charge < -0.3 is 18.4 Å². The van der Waals surface area contributed by atoms with E-state index in [1.54, 1.807) is 0 Å². The molecule has 2 unspecified atom stereocenters. The molecular weight excluding hydrogens is 617 g/mol. The average Bonchev–Trinajstić information content (AvgIpc) is 3.23. The fourth-order valence-electron chi connectivity index (χ4n) is 9.67. The zero-order valence-corrected chi connectivity index (χ0v) is 35.8. The quantitative estimate of drug-likeness (QED) is 0.138. The van der Waals surface area contributed by atoms with Gasteiger partial charge in [-0.1, -0.05) is 148 Å². The average molecular weight is 687 g/mol. The van der Waals surface area contributed by atoms with E-state index < -0.39 is 49.4 Å². The van der Waals surface area contributed by atoms with E-state index >= 15 is 0 Å². The first-order chi connectivity index (χ1) is 21.1. The lowest BCUT2D eigenvalue weighted by Crippen LogP contribution is -2.56. The Bertz CT molecular complexity index is 1140. The van der Waals surface area contributed by atoms with E-state index in [1.165, 1.54) is 0 Å². The number of aliphatic hydroxyl groups is 1. The van der Waals surface area contributed by atoms with Crippen molar-refractivity contribution in [3.8, 4) is 23.7 Å². The number of hydrogen-bond acceptors (Lipinski definition) is 4. The van der Waals surface area contributed by atoms with Gasteiger partial charge in [0.1, 0.15) is 24.4 Å². The molecule has 0 aromatic carbocycles. The van der Waals surface area contributed by atoms with Crippen LogP contribution >= 0.6 is 0 Å². The van der Waals surface area contributed by atoms with Crippen molar-refractivity contribution in [2.45, 2.75) is 199 Å². The molecule has 0 radical (unpaired) electrons. The molecule has 46 heavy (non-hydrogen) atoms. The predicted molar refractivity (Wildman–Crippen MR) is 205 cm³/mol. The van der Waals surface area contributed by atoms with E-state index in [2.05, 4.69) is 148 Å². The molecule has 2 aliphatic rings.